The Labute approximate surface area is 95.2 Å². The van der Waals surface area contributed by atoms with Crippen LogP contribution < -0.4 is 5.73 Å². The predicted molar refractivity (Wildman–Crippen MR) is 66.4 cm³/mol. The van der Waals surface area contributed by atoms with Crippen LogP contribution in [0.5, 0.6) is 0 Å². The molecule has 0 radical (unpaired) electrons. The molecule has 0 saturated carbocycles. The molecule has 14 heavy (non-hydrogen) atoms. The third-order valence-corrected chi connectivity index (χ3v) is 5.44. The number of amides is 1. The Balaban J connectivity index is 3.69. The standard InChI is InChI=1S/C8H16NO2PS2/c1-8(2,14-13)4-6-12(11)5-3-7(9)10/h3-6H2,1-2H3,(H2-,9,10,13)/p+1. The van der Waals surface area contributed by atoms with E-state index in [2.05, 4.69) is 25.5 Å². The van der Waals surface area contributed by atoms with Crippen molar-refractivity contribution in [2.75, 3.05) is 12.3 Å². The minimum Gasteiger partial charge on any atom is -0.370 e. The van der Waals surface area contributed by atoms with Crippen LogP contribution in [0.25, 0.3) is 0 Å². The zero-order valence-electron chi connectivity index (χ0n) is 8.52. The number of primary amides is 1. The van der Waals surface area contributed by atoms with E-state index in [1.165, 1.54) is 10.8 Å². The van der Waals surface area contributed by atoms with Crippen LogP contribution in [0.3, 0.4) is 0 Å². The van der Waals surface area contributed by atoms with E-state index >= 15 is 0 Å². The quantitative estimate of drug-likeness (QED) is 0.417. The third-order valence-electron chi connectivity index (χ3n) is 1.82. The number of nitrogens with two attached hydrogens (primary N) is 1. The number of carbonyl (C=O) groups is 1. The summed E-state index contributed by atoms with van der Waals surface area (Å²) in [6, 6.07) is 0. The Morgan fingerprint density at radius 1 is 1.50 bits per heavy atom. The van der Waals surface area contributed by atoms with Gasteiger partial charge in [0.15, 0.2) is 6.16 Å². The lowest BCUT2D eigenvalue weighted by Gasteiger charge is -2.17. The zero-order valence-corrected chi connectivity index (χ0v) is 11.1. The maximum absolute atomic E-state index is 11.4. The lowest BCUT2D eigenvalue weighted by molar-refractivity contribution is -0.117. The van der Waals surface area contributed by atoms with E-state index in [4.69, 9.17) is 5.73 Å². The average Bonchev–Trinajstić information content (AvgIpc) is 2.11. The number of carbonyl (C=O) groups excluding carboxylic acids is 1. The van der Waals surface area contributed by atoms with Crippen molar-refractivity contribution >= 4 is 36.2 Å². The first-order chi connectivity index (χ1) is 6.37. The molecule has 0 aromatic carbocycles. The van der Waals surface area contributed by atoms with Crippen molar-refractivity contribution in [2.24, 2.45) is 5.73 Å². The van der Waals surface area contributed by atoms with Crippen LogP contribution in [0.15, 0.2) is 0 Å². The van der Waals surface area contributed by atoms with Gasteiger partial charge in [-0.1, -0.05) is 15.4 Å². The summed E-state index contributed by atoms with van der Waals surface area (Å²) < 4.78 is 11.5. The molecule has 1 atom stereocenters. The first-order valence-electron chi connectivity index (χ1n) is 4.40. The average molecular weight is 254 g/mol. The molecule has 0 saturated heterocycles. The molecule has 0 aromatic heterocycles. The molecule has 1 unspecified atom stereocenters. The van der Waals surface area contributed by atoms with E-state index in [1.807, 2.05) is 0 Å². The summed E-state index contributed by atoms with van der Waals surface area (Å²) in [5, 5.41) is 0. The molecular formula is C8H17NO2PS2+. The van der Waals surface area contributed by atoms with Crippen molar-refractivity contribution in [3.05, 3.63) is 0 Å². The highest BCUT2D eigenvalue weighted by Crippen LogP contribution is 2.35. The second-order valence-electron chi connectivity index (χ2n) is 3.75. The van der Waals surface area contributed by atoms with Gasteiger partial charge in [0.2, 0.25) is 5.91 Å². The van der Waals surface area contributed by atoms with E-state index in [0.29, 0.717) is 12.3 Å². The van der Waals surface area contributed by atoms with Crippen LogP contribution in [-0.2, 0) is 9.36 Å². The van der Waals surface area contributed by atoms with E-state index < -0.39 is 7.80 Å². The van der Waals surface area contributed by atoms with Crippen LogP contribution in [0.1, 0.15) is 26.7 Å². The van der Waals surface area contributed by atoms with Crippen molar-refractivity contribution in [3.63, 3.8) is 0 Å². The predicted octanol–water partition coefficient (Wildman–Crippen LogP) is 2.44. The fraction of sp³-hybridized carbons (Fsp3) is 0.875. The van der Waals surface area contributed by atoms with Gasteiger partial charge in [-0.3, -0.25) is 4.79 Å². The zero-order chi connectivity index (χ0) is 11.2. The Kier molecular flexibility index (Phi) is 6.83. The molecule has 0 heterocycles. The molecule has 82 valence electrons. The highest BCUT2D eigenvalue weighted by atomic mass is 33.1. The van der Waals surface area contributed by atoms with E-state index in [1.54, 1.807) is 0 Å². The molecule has 0 aliphatic rings. The van der Waals surface area contributed by atoms with Gasteiger partial charge in [-0.2, -0.15) is 0 Å². The SMILES string of the molecule is CC(C)(CC[P+](=O)CCC(N)=O)SS. The summed E-state index contributed by atoms with van der Waals surface area (Å²) in [4.78, 5) is 10.4. The van der Waals surface area contributed by atoms with Crippen LogP contribution in [0, 0.1) is 0 Å². The smallest absolute Gasteiger partial charge is 0.339 e. The summed E-state index contributed by atoms with van der Waals surface area (Å²) in [5.41, 5.74) is 4.97. The molecule has 0 aliphatic heterocycles. The van der Waals surface area contributed by atoms with Crippen molar-refractivity contribution < 1.29 is 9.36 Å². The van der Waals surface area contributed by atoms with Crippen molar-refractivity contribution in [1.82, 2.24) is 0 Å². The Bertz CT molecular complexity index is 221. The van der Waals surface area contributed by atoms with Gasteiger partial charge in [0.1, 0.15) is 6.16 Å². The molecule has 0 bridgehead atoms. The van der Waals surface area contributed by atoms with E-state index in [-0.39, 0.29) is 17.1 Å². The summed E-state index contributed by atoms with van der Waals surface area (Å²) >= 11 is 4.14. The lowest BCUT2D eigenvalue weighted by Crippen LogP contribution is -2.14. The summed E-state index contributed by atoms with van der Waals surface area (Å²) in [7, 11) is 0.187. The molecule has 2 N–H and O–H groups in total. The van der Waals surface area contributed by atoms with Gasteiger partial charge in [-0.15, -0.1) is 11.7 Å². The van der Waals surface area contributed by atoms with E-state index in [0.717, 1.165) is 6.42 Å². The third kappa shape index (κ3) is 7.65. The number of hydrogen-bond acceptors (Lipinski definition) is 4. The van der Waals surface area contributed by atoms with Crippen molar-refractivity contribution in [3.8, 4) is 0 Å². The molecule has 6 heteroatoms. The fourth-order valence-corrected chi connectivity index (χ4v) is 2.91. The highest BCUT2D eigenvalue weighted by Gasteiger charge is 2.24. The first-order valence-corrected chi connectivity index (χ1v) is 7.90. The summed E-state index contributed by atoms with van der Waals surface area (Å²) in [5.74, 6) is -0.379. The normalized spacial score (nSPS) is 12.6. The second-order valence-corrected chi connectivity index (χ2v) is 7.44. The van der Waals surface area contributed by atoms with Gasteiger partial charge >= 0.3 is 7.80 Å². The van der Waals surface area contributed by atoms with Gasteiger partial charge < -0.3 is 5.73 Å². The Hall–Kier alpha value is 0.270. The number of hydrogen-bond donors (Lipinski definition) is 2. The second kappa shape index (κ2) is 6.70. The largest absolute Gasteiger partial charge is 0.370 e. The lowest BCUT2D eigenvalue weighted by atomic mass is 10.1. The van der Waals surface area contributed by atoms with Crippen molar-refractivity contribution in [1.29, 1.82) is 0 Å². The van der Waals surface area contributed by atoms with Crippen LogP contribution in [-0.4, -0.2) is 23.0 Å². The molecule has 0 fully saturated rings. The maximum atomic E-state index is 11.4. The molecular weight excluding hydrogens is 237 g/mol. The topological polar surface area (TPSA) is 60.2 Å². The van der Waals surface area contributed by atoms with Gasteiger partial charge in [0, 0.05) is 11.2 Å². The molecule has 0 aromatic rings. The monoisotopic (exact) mass is 254 g/mol. The molecule has 0 spiro atoms. The van der Waals surface area contributed by atoms with Crippen LogP contribution >= 0.6 is 30.3 Å². The van der Waals surface area contributed by atoms with Crippen LogP contribution in [0.4, 0.5) is 0 Å². The fourth-order valence-electron chi connectivity index (χ4n) is 0.786. The van der Waals surface area contributed by atoms with Gasteiger partial charge in [-0.05, 0) is 13.8 Å². The minimum absolute atomic E-state index is 0.0425. The Morgan fingerprint density at radius 2 is 2.07 bits per heavy atom. The van der Waals surface area contributed by atoms with Gasteiger partial charge in [0.05, 0.1) is 6.42 Å². The van der Waals surface area contributed by atoms with Crippen molar-refractivity contribution in [2.45, 2.75) is 31.4 Å². The molecule has 3 nitrogen and oxygen atoms in total. The van der Waals surface area contributed by atoms with Crippen LogP contribution in [0.2, 0.25) is 0 Å². The van der Waals surface area contributed by atoms with E-state index in [9.17, 15) is 9.36 Å². The number of thiol groups is 1. The summed E-state index contributed by atoms with van der Waals surface area (Å²) in [6.07, 6.45) is 2.12. The molecule has 1 amide bonds. The summed E-state index contributed by atoms with van der Waals surface area (Å²) in [6.45, 7) is 4.11. The highest BCUT2D eigenvalue weighted by molar-refractivity contribution is 8.69. The maximum Gasteiger partial charge on any atom is 0.339 e. The Morgan fingerprint density at radius 3 is 2.50 bits per heavy atom. The van der Waals surface area contributed by atoms with Gasteiger partial charge in [-0.25, -0.2) is 0 Å². The molecule has 0 rings (SSSR count). The van der Waals surface area contributed by atoms with Gasteiger partial charge in [0.25, 0.3) is 0 Å². The first kappa shape index (κ1) is 14.3. The minimum atomic E-state index is -1.28. The molecule has 0 aliphatic carbocycles. The number of rotatable bonds is 7.